The van der Waals surface area contributed by atoms with E-state index in [2.05, 4.69) is 32.9 Å². The van der Waals surface area contributed by atoms with E-state index in [-0.39, 0.29) is 10.8 Å². The first-order chi connectivity index (χ1) is 5.99. The molecular weight excluding hydrogens is 160 g/mol. The van der Waals surface area contributed by atoms with Crippen LogP contribution in [0.3, 0.4) is 0 Å². The Morgan fingerprint density at radius 1 is 1.31 bits per heavy atom. The van der Waals surface area contributed by atoms with Gasteiger partial charge in [0.2, 0.25) is 0 Å². The first-order valence-electron chi connectivity index (χ1n) is 5.22. The average molecular weight is 178 g/mol. The van der Waals surface area contributed by atoms with E-state index in [4.69, 9.17) is 0 Å². The number of ketones is 1. The van der Waals surface area contributed by atoms with E-state index in [0.717, 1.165) is 12.8 Å². The van der Waals surface area contributed by atoms with E-state index in [9.17, 15) is 4.79 Å². The lowest BCUT2D eigenvalue weighted by Gasteiger charge is -2.48. The van der Waals surface area contributed by atoms with Crippen LogP contribution in [0, 0.1) is 16.7 Å². The van der Waals surface area contributed by atoms with Crippen molar-refractivity contribution in [3.8, 4) is 0 Å². The molecule has 0 N–H and O–H groups in total. The highest BCUT2D eigenvalue weighted by Gasteiger charge is 2.49. The minimum atomic E-state index is -0.0994. The Labute approximate surface area is 80.2 Å². The molecule has 13 heavy (non-hydrogen) atoms. The van der Waals surface area contributed by atoms with Gasteiger partial charge in [0.1, 0.15) is 5.78 Å². The molecule has 1 fully saturated rings. The molecule has 2 atom stereocenters. The largest absolute Gasteiger partial charge is 0.299 e. The van der Waals surface area contributed by atoms with Crippen molar-refractivity contribution in [1.82, 2.24) is 0 Å². The van der Waals surface area contributed by atoms with Gasteiger partial charge in [-0.15, -0.1) is 0 Å². The van der Waals surface area contributed by atoms with Crippen LogP contribution < -0.4 is 0 Å². The lowest BCUT2D eigenvalue weighted by Crippen LogP contribution is -2.46. The molecule has 0 aromatic heterocycles. The number of hydrogen-bond acceptors (Lipinski definition) is 1. The van der Waals surface area contributed by atoms with Crippen LogP contribution in [0.2, 0.25) is 0 Å². The lowest BCUT2D eigenvalue weighted by molar-refractivity contribution is -0.135. The number of Topliss-reactive ketones (excluding diaryl/α,β-unsaturated/α-hetero) is 1. The number of rotatable bonds is 1. The molecule has 0 amide bonds. The van der Waals surface area contributed by atoms with Crippen LogP contribution in [0.25, 0.3) is 0 Å². The van der Waals surface area contributed by atoms with Gasteiger partial charge in [-0.2, -0.15) is 0 Å². The van der Waals surface area contributed by atoms with Gasteiger partial charge in [-0.1, -0.05) is 32.9 Å². The maximum Gasteiger partial charge on any atom is 0.143 e. The number of carbonyl (C=O) groups is 1. The molecular formula is C12H18O. The third kappa shape index (κ3) is 1.09. The maximum absolute atomic E-state index is 12.0. The topological polar surface area (TPSA) is 17.1 Å². The molecule has 1 nitrogen and oxygen atoms in total. The first-order valence-corrected chi connectivity index (χ1v) is 5.22. The minimum Gasteiger partial charge on any atom is -0.299 e. The summed E-state index contributed by atoms with van der Waals surface area (Å²) in [7, 11) is 0. The van der Waals surface area contributed by atoms with Crippen molar-refractivity contribution in [2.24, 2.45) is 16.7 Å². The molecule has 0 aromatic carbocycles. The highest BCUT2D eigenvalue weighted by molar-refractivity contribution is 5.90. The Morgan fingerprint density at radius 2 is 2.00 bits per heavy atom. The second-order valence-electron chi connectivity index (χ2n) is 5.28. The number of hydrogen-bond donors (Lipinski definition) is 0. The molecule has 1 saturated carbocycles. The molecule has 72 valence electrons. The molecule has 0 aromatic rings. The SMILES string of the molecule is CC(C)[C@@]12C=C[C@@](C)(CC1)CC2=O. The Morgan fingerprint density at radius 3 is 2.38 bits per heavy atom. The summed E-state index contributed by atoms with van der Waals surface area (Å²) in [6.45, 7) is 6.53. The molecule has 0 spiro atoms. The summed E-state index contributed by atoms with van der Waals surface area (Å²) >= 11 is 0. The van der Waals surface area contributed by atoms with Gasteiger partial charge in [-0.05, 0) is 24.2 Å². The molecule has 2 bridgehead atoms. The van der Waals surface area contributed by atoms with Crippen molar-refractivity contribution in [3.05, 3.63) is 12.2 Å². The zero-order valence-corrected chi connectivity index (χ0v) is 8.76. The van der Waals surface area contributed by atoms with Crippen LogP contribution in [0.1, 0.15) is 40.0 Å². The highest BCUT2D eigenvalue weighted by atomic mass is 16.1. The second kappa shape index (κ2) is 2.46. The fourth-order valence-electron chi connectivity index (χ4n) is 2.72. The van der Waals surface area contributed by atoms with E-state index < -0.39 is 0 Å². The summed E-state index contributed by atoms with van der Waals surface area (Å²) < 4.78 is 0. The van der Waals surface area contributed by atoms with Crippen molar-refractivity contribution in [2.75, 3.05) is 0 Å². The van der Waals surface area contributed by atoms with E-state index in [0.29, 0.717) is 11.7 Å². The Balaban J connectivity index is 2.42. The van der Waals surface area contributed by atoms with Crippen LogP contribution in [-0.2, 0) is 4.79 Å². The van der Waals surface area contributed by atoms with Gasteiger partial charge in [0, 0.05) is 11.8 Å². The predicted molar refractivity (Wildman–Crippen MR) is 53.4 cm³/mol. The smallest absolute Gasteiger partial charge is 0.143 e. The second-order valence-corrected chi connectivity index (χ2v) is 5.28. The zero-order valence-electron chi connectivity index (χ0n) is 8.76. The molecule has 0 aliphatic heterocycles. The van der Waals surface area contributed by atoms with Crippen LogP contribution in [0.15, 0.2) is 12.2 Å². The molecule has 0 unspecified atom stereocenters. The summed E-state index contributed by atoms with van der Waals surface area (Å²) in [5.74, 6) is 0.930. The van der Waals surface area contributed by atoms with Gasteiger partial charge in [-0.25, -0.2) is 0 Å². The highest BCUT2D eigenvalue weighted by Crippen LogP contribution is 2.53. The average Bonchev–Trinajstić information content (AvgIpc) is 2.03. The maximum atomic E-state index is 12.0. The Bertz CT molecular complexity index is 277. The molecule has 1 heteroatoms. The monoisotopic (exact) mass is 178 g/mol. The Kier molecular flexibility index (Phi) is 1.70. The van der Waals surface area contributed by atoms with Crippen molar-refractivity contribution in [3.63, 3.8) is 0 Å². The van der Waals surface area contributed by atoms with E-state index >= 15 is 0 Å². The molecule has 0 heterocycles. The number of carbonyl (C=O) groups excluding carboxylic acids is 1. The normalized spacial score (nSPS) is 43.2. The summed E-state index contributed by atoms with van der Waals surface area (Å²) in [6.07, 6.45) is 7.48. The summed E-state index contributed by atoms with van der Waals surface area (Å²) in [6, 6.07) is 0. The van der Waals surface area contributed by atoms with Crippen molar-refractivity contribution in [1.29, 1.82) is 0 Å². The molecule has 0 radical (unpaired) electrons. The van der Waals surface area contributed by atoms with Crippen LogP contribution in [0.5, 0.6) is 0 Å². The van der Waals surface area contributed by atoms with E-state index in [1.807, 2.05) is 0 Å². The van der Waals surface area contributed by atoms with Crippen molar-refractivity contribution in [2.45, 2.75) is 40.0 Å². The zero-order chi connectivity index (χ0) is 9.69. The van der Waals surface area contributed by atoms with Gasteiger partial charge in [0.25, 0.3) is 0 Å². The summed E-state index contributed by atoms with van der Waals surface area (Å²) in [4.78, 5) is 12.0. The molecule has 3 aliphatic carbocycles. The first kappa shape index (κ1) is 8.98. The van der Waals surface area contributed by atoms with Crippen molar-refractivity contribution < 1.29 is 4.79 Å². The quantitative estimate of drug-likeness (QED) is 0.564. The van der Waals surface area contributed by atoms with Gasteiger partial charge in [-0.3, -0.25) is 4.79 Å². The molecule has 3 aliphatic rings. The number of fused-ring (bicyclic) bond motifs is 2. The van der Waals surface area contributed by atoms with Crippen molar-refractivity contribution >= 4 is 5.78 Å². The molecule has 3 rings (SSSR count). The third-order valence-corrected chi connectivity index (χ3v) is 4.01. The fraction of sp³-hybridized carbons (Fsp3) is 0.750. The fourth-order valence-corrected chi connectivity index (χ4v) is 2.72. The minimum absolute atomic E-state index is 0.0994. The lowest BCUT2D eigenvalue weighted by atomic mass is 9.55. The van der Waals surface area contributed by atoms with Gasteiger partial charge in [0.15, 0.2) is 0 Å². The van der Waals surface area contributed by atoms with Gasteiger partial charge >= 0.3 is 0 Å². The van der Waals surface area contributed by atoms with Crippen LogP contribution in [-0.4, -0.2) is 5.78 Å². The van der Waals surface area contributed by atoms with E-state index in [1.165, 1.54) is 6.42 Å². The summed E-state index contributed by atoms with van der Waals surface area (Å²) in [5.41, 5.74) is 0.0888. The number of allylic oxidation sites excluding steroid dienone is 2. The Hall–Kier alpha value is -0.590. The standard InChI is InChI=1S/C12H18O/c1-9(2)12-6-4-11(3,5-7-12)8-10(12)13/h4,6,9H,5,7-8H2,1-3H3/t11-,12+/m0/s1. The van der Waals surface area contributed by atoms with Gasteiger partial charge < -0.3 is 0 Å². The van der Waals surface area contributed by atoms with E-state index in [1.54, 1.807) is 0 Å². The third-order valence-electron chi connectivity index (χ3n) is 4.01. The van der Waals surface area contributed by atoms with Crippen LogP contribution >= 0.6 is 0 Å². The summed E-state index contributed by atoms with van der Waals surface area (Å²) in [5, 5.41) is 0. The molecule has 0 saturated heterocycles. The van der Waals surface area contributed by atoms with Gasteiger partial charge in [0.05, 0.1) is 0 Å². The van der Waals surface area contributed by atoms with Crippen LogP contribution in [0.4, 0.5) is 0 Å². The predicted octanol–water partition coefficient (Wildman–Crippen LogP) is 2.96.